The van der Waals surface area contributed by atoms with Crippen LogP contribution in [0.1, 0.15) is 53.4 Å². The minimum atomic E-state index is -1.06. The molecule has 3 aromatic carbocycles. The molecule has 0 saturated carbocycles. The Morgan fingerprint density at radius 3 is 2.39 bits per heavy atom. The number of rotatable bonds is 9. The van der Waals surface area contributed by atoms with E-state index in [1.807, 2.05) is 56.3 Å². The van der Waals surface area contributed by atoms with Crippen LogP contribution in [0.15, 0.2) is 66.7 Å². The van der Waals surface area contributed by atoms with Crippen LogP contribution in [-0.2, 0) is 9.59 Å². The van der Waals surface area contributed by atoms with Gasteiger partial charge in [0, 0.05) is 18.5 Å². The van der Waals surface area contributed by atoms with Gasteiger partial charge >= 0.3 is 0 Å². The number of carbonyl (C=O) groups excluding carboxylic acids is 3. The van der Waals surface area contributed by atoms with E-state index in [1.165, 1.54) is 6.92 Å². The average Bonchev–Trinajstić information content (AvgIpc) is 3.24. The summed E-state index contributed by atoms with van der Waals surface area (Å²) < 4.78 is 6.24. The molecule has 8 nitrogen and oxygen atoms in total. The molecule has 0 aliphatic heterocycles. The van der Waals surface area contributed by atoms with Crippen molar-refractivity contribution in [2.45, 2.75) is 33.1 Å². The molecular formula is C28H27N3O5. The van der Waals surface area contributed by atoms with Crippen molar-refractivity contribution in [3.8, 4) is 17.2 Å². The molecule has 0 bridgehead atoms. The molecule has 0 aliphatic rings. The lowest BCUT2D eigenvalue weighted by Crippen LogP contribution is -2.24. The van der Waals surface area contributed by atoms with E-state index in [0.29, 0.717) is 34.5 Å². The number of nitrogens with two attached hydrogens (primary N) is 1. The molecule has 8 heteroatoms. The summed E-state index contributed by atoms with van der Waals surface area (Å²) in [7, 11) is 0. The number of carbonyl (C=O) groups is 3. The number of aryl methyl sites for hydroxylation is 1. The highest BCUT2D eigenvalue weighted by molar-refractivity contribution is 6.45. The lowest BCUT2D eigenvalue weighted by Gasteiger charge is -2.16. The first-order chi connectivity index (χ1) is 17.3. The fourth-order valence-electron chi connectivity index (χ4n) is 4.26. The van der Waals surface area contributed by atoms with Crippen molar-refractivity contribution >= 4 is 28.5 Å². The third-order valence-electron chi connectivity index (χ3n) is 5.85. The molecule has 0 spiro atoms. The lowest BCUT2D eigenvalue weighted by atomic mass is 9.89. The molecule has 0 aliphatic carbocycles. The highest BCUT2D eigenvalue weighted by Gasteiger charge is 2.29. The second-order valence-electron chi connectivity index (χ2n) is 8.47. The maximum Gasteiger partial charge on any atom is 0.289 e. The van der Waals surface area contributed by atoms with Gasteiger partial charge in [-0.1, -0.05) is 49.4 Å². The van der Waals surface area contributed by atoms with E-state index in [4.69, 9.17) is 15.3 Å². The van der Waals surface area contributed by atoms with Gasteiger partial charge in [0.1, 0.15) is 5.75 Å². The SMILES string of the molecule is CCC(c1ccccc1)c1[nH]c2cccc(Oc3cc(C)ccc3ONC(C)=O)c2c1C(=O)C(N)=O. The summed E-state index contributed by atoms with van der Waals surface area (Å²) in [6.45, 7) is 5.23. The standard InChI is InChI=1S/C28H27N3O5/c1-4-19(18-9-6-5-7-10-18)26-25(27(33)28(29)34)24-20(30-26)11-8-12-22(24)35-23-15-16(2)13-14-21(23)36-31-17(3)32/h5-15,19,30H,4H2,1-3H3,(H2,29,34)(H,31,32). The first-order valence-electron chi connectivity index (χ1n) is 11.6. The van der Waals surface area contributed by atoms with Gasteiger partial charge in [-0.2, -0.15) is 5.48 Å². The third kappa shape index (κ3) is 4.93. The van der Waals surface area contributed by atoms with Crippen LogP contribution in [0.3, 0.4) is 0 Å². The quantitative estimate of drug-likeness (QED) is 0.177. The number of aromatic amines is 1. The van der Waals surface area contributed by atoms with Crippen LogP contribution in [0.25, 0.3) is 10.9 Å². The number of hydrogen-bond donors (Lipinski definition) is 3. The van der Waals surface area contributed by atoms with Crippen LogP contribution >= 0.6 is 0 Å². The van der Waals surface area contributed by atoms with Crippen LogP contribution < -0.4 is 20.8 Å². The maximum atomic E-state index is 13.2. The molecule has 1 atom stereocenters. The summed E-state index contributed by atoms with van der Waals surface area (Å²) >= 11 is 0. The Labute approximate surface area is 208 Å². The van der Waals surface area contributed by atoms with Crippen molar-refractivity contribution in [3.63, 3.8) is 0 Å². The molecule has 4 N–H and O–H groups in total. The second kappa shape index (κ2) is 10.4. The predicted molar refractivity (Wildman–Crippen MR) is 136 cm³/mol. The van der Waals surface area contributed by atoms with Gasteiger partial charge in [0.2, 0.25) is 5.91 Å². The highest BCUT2D eigenvalue weighted by atomic mass is 16.7. The molecule has 36 heavy (non-hydrogen) atoms. The smallest absolute Gasteiger partial charge is 0.289 e. The zero-order chi connectivity index (χ0) is 25.8. The number of hydroxylamine groups is 1. The molecule has 2 amide bonds. The van der Waals surface area contributed by atoms with Gasteiger partial charge in [0.05, 0.1) is 16.5 Å². The van der Waals surface area contributed by atoms with Crippen LogP contribution in [-0.4, -0.2) is 22.6 Å². The van der Waals surface area contributed by atoms with Crippen LogP contribution in [0.4, 0.5) is 0 Å². The topological polar surface area (TPSA) is 124 Å². The number of ketones is 1. The molecule has 0 saturated heterocycles. The van der Waals surface area contributed by atoms with E-state index in [9.17, 15) is 14.4 Å². The van der Waals surface area contributed by atoms with E-state index in [0.717, 1.165) is 11.1 Å². The van der Waals surface area contributed by atoms with Gasteiger partial charge in [0.15, 0.2) is 11.5 Å². The van der Waals surface area contributed by atoms with E-state index < -0.39 is 11.7 Å². The van der Waals surface area contributed by atoms with Crippen molar-refractivity contribution in [1.82, 2.24) is 10.5 Å². The Kier molecular flexibility index (Phi) is 7.05. The van der Waals surface area contributed by atoms with Crippen LogP contribution in [0.2, 0.25) is 0 Å². The Morgan fingerprint density at radius 1 is 0.972 bits per heavy atom. The van der Waals surface area contributed by atoms with Gasteiger partial charge in [-0.3, -0.25) is 14.4 Å². The van der Waals surface area contributed by atoms with Gasteiger partial charge in [-0.15, -0.1) is 0 Å². The molecule has 0 radical (unpaired) electrons. The van der Waals surface area contributed by atoms with Crippen molar-refractivity contribution in [2.24, 2.45) is 5.73 Å². The lowest BCUT2D eigenvalue weighted by molar-refractivity contribution is -0.125. The van der Waals surface area contributed by atoms with Crippen molar-refractivity contribution < 1.29 is 24.0 Å². The number of aromatic nitrogens is 1. The zero-order valence-corrected chi connectivity index (χ0v) is 20.3. The fourth-order valence-corrected chi connectivity index (χ4v) is 4.26. The molecule has 1 unspecified atom stereocenters. The molecule has 4 rings (SSSR count). The third-order valence-corrected chi connectivity index (χ3v) is 5.85. The summed E-state index contributed by atoms with van der Waals surface area (Å²) in [6.07, 6.45) is 0.679. The normalized spacial score (nSPS) is 11.6. The molecular weight excluding hydrogens is 458 g/mol. The molecule has 1 heterocycles. The Hall–Kier alpha value is -4.59. The van der Waals surface area contributed by atoms with E-state index in [1.54, 1.807) is 24.3 Å². The number of hydrogen-bond acceptors (Lipinski definition) is 5. The van der Waals surface area contributed by atoms with Gasteiger partial charge in [-0.05, 0) is 48.7 Å². The highest BCUT2D eigenvalue weighted by Crippen LogP contribution is 2.41. The number of fused-ring (bicyclic) bond motifs is 1. The summed E-state index contributed by atoms with van der Waals surface area (Å²) in [5.74, 6) is -1.47. The average molecular weight is 486 g/mol. The Morgan fingerprint density at radius 2 is 1.72 bits per heavy atom. The van der Waals surface area contributed by atoms with Crippen molar-refractivity contribution in [2.75, 3.05) is 0 Å². The number of primary amides is 1. The number of amides is 2. The first-order valence-corrected chi connectivity index (χ1v) is 11.6. The minimum absolute atomic E-state index is 0.178. The summed E-state index contributed by atoms with van der Waals surface area (Å²) in [5.41, 5.74) is 11.1. The van der Waals surface area contributed by atoms with E-state index in [2.05, 4.69) is 10.5 Å². The van der Waals surface area contributed by atoms with Gasteiger partial charge < -0.3 is 20.3 Å². The monoisotopic (exact) mass is 485 g/mol. The maximum absolute atomic E-state index is 13.2. The van der Waals surface area contributed by atoms with Crippen molar-refractivity contribution in [1.29, 1.82) is 0 Å². The van der Waals surface area contributed by atoms with Gasteiger partial charge in [-0.25, -0.2) is 0 Å². The largest absolute Gasteiger partial charge is 0.453 e. The second-order valence-corrected chi connectivity index (χ2v) is 8.47. The Balaban J connectivity index is 1.90. The van der Waals surface area contributed by atoms with Crippen molar-refractivity contribution in [3.05, 3.63) is 89.1 Å². The predicted octanol–water partition coefficient (Wildman–Crippen LogP) is 4.91. The molecule has 1 aromatic heterocycles. The van der Waals surface area contributed by atoms with Gasteiger partial charge in [0.25, 0.3) is 11.7 Å². The zero-order valence-electron chi connectivity index (χ0n) is 20.3. The number of Topliss-reactive ketones (excluding diaryl/α,β-unsaturated/α-hetero) is 1. The number of benzene rings is 3. The number of H-pyrrole nitrogens is 1. The fraction of sp³-hybridized carbons (Fsp3) is 0.179. The number of nitrogens with one attached hydrogen (secondary N) is 2. The van der Waals surface area contributed by atoms with E-state index in [-0.39, 0.29) is 23.1 Å². The summed E-state index contributed by atoms with van der Waals surface area (Å²) in [5, 5.41) is 0.442. The first kappa shape index (κ1) is 24.5. The molecule has 184 valence electrons. The van der Waals surface area contributed by atoms with Crippen LogP contribution in [0.5, 0.6) is 17.2 Å². The van der Waals surface area contributed by atoms with E-state index >= 15 is 0 Å². The number of ether oxygens (including phenoxy) is 1. The summed E-state index contributed by atoms with van der Waals surface area (Å²) in [6, 6.07) is 20.3. The summed E-state index contributed by atoms with van der Waals surface area (Å²) in [4.78, 5) is 45.4. The Bertz CT molecular complexity index is 1440. The van der Waals surface area contributed by atoms with Crippen LogP contribution in [0, 0.1) is 6.92 Å². The minimum Gasteiger partial charge on any atom is -0.453 e. The molecule has 4 aromatic rings. The molecule has 0 fully saturated rings.